The van der Waals surface area contributed by atoms with E-state index in [1.54, 1.807) is 60.7 Å². The van der Waals surface area contributed by atoms with Crippen molar-refractivity contribution in [2.75, 3.05) is 44.7 Å². The van der Waals surface area contributed by atoms with Crippen LogP contribution in [0, 0.1) is 5.92 Å². The number of hydrogen-bond acceptors (Lipinski definition) is 17. The zero-order valence-corrected chi connectivity index (χ0v) is 55.3. The third-order valence-electron chi connectivity index (χ3n) is 16.0. The number of amides is 13. The van der Waals surface area contributed by atoms with Crippen molar-refractivity contribution < 1.29 is 62.3 Å². The van der Waals surface area contributed by atoms with Gasteiger partial charge in [-0.15, -0.1) is 0 Å². The Morgan fingerprint density at radius 2 is 1.01 bits per heavy atom. The Labute approximate surface area is 558 Å². The molecule has 2 aliphatic heterocycles. The summed E-state index contributed by atoms with van der Waals surface area (Å²) in [6.45, 7) is 3.86. The zero-order chi connectivity index (χ0) is 70.1. The zero-order valence-electron chi connectivity index (χ0n) is 54.5. The summed E-state index contributed by atoms with van der Waals surface area (Å²) < 4.78 is 0. The Morgan fingerprint density at radius 3 is 1.51 bits per heavy atom. The molecule has 524 valence electrons. The van der Waals surface area contributed by atoms with Crippen LogP contribution in [0.1, 0.15) is 121 Å². The number of unbranched alkanes of at least 4 members (excludes halogenated alkanes) is 1. The average molecular weight is 1350 g/mol. The summed E-state index contributed by atoms with van der Waals surface area (Å²) >= 11 is 1.45. The van der Waals surface area contributed by atoms with Crippen LogP contribution in [0.25, 0.3) is 0 Å². The second kappa shape index (κ2) is 41.0. The topological polar surface area (TPSA) is 519 Å². The molecular formula is C63H98N18O13S. The van der Waals surface area contributed by atoms with E-state index in [4.69, 9.17) is 40.1 Å². The number of nitrogens with one attached hydrogen (secondary N) is 8. The first-order chi connectivity index (χ1) is 45.2. The lowest BCUT2D eigenvalue weighted by Crippen LogP contribution is -2.60. The predicted molar refractivity (Wildman–Crippen MR) is 356 cm³/mol. The normalized spacial score (nSPS) is 16.8. The van der Waals surface area contributed by atoms with Gasteiger partial charge in [0.25, 0.3) is 0 Å². The molecule has 0 radical (unpaired) electrons. The van der Waals surface area contributed by atoms with E-state index in [1.165, 1.54) is 21.6 Å². The van der Waals surface area contributed by atoms with Crippen LogP contribution in [0.2, 0.25) is 0 Å². The maximum absolute atomic E-state index is 14.7. The van der Waals surface area contributed by atoms with E-state index in [9.17, 15) is 62.3 Å². The molecule has 2 heterocycles. The molecule has 0 unspecified atom stereocenters. The number of guanidine groups is 1. The average Bonchev–Trinajstić information content (AvgIpc) is 1.74. The minimum absolute atomic E-state index is 0.0736. The summed E-state index contributed by atoms with van der Waals surface area (Å²) in [5.74, 6) is -9.80. The largest absolute Gasteiger partial charge is 0.370 e. The van der Waals surface area contributed by atoms with E-state index in [0.29, 0.717) is 55.4 Å². The van der Waals surface area contributed by atoms with Crippen LogP contribution >= 0.6 is 11.8 Å². The van der Waals surface area contributed by atoms with Gasteiger partial charge in [0.2, 0.25) is 76.8 Å². The van der Waals surface area contributed by atoms with Gasteiger partial charge in [-0.2, -0.15) is 11.8 Å². The van der Waals surface area contributed by atoms with Gasteiger partial charge in [0.05, 0.1) is 12.6 Å². The highest BCUT2D eigenvalue weighted by Gasteiger charge is 2.42. The maximum Gasteiger partial charge on any atom is 0.245 e. The van der Waals surface area contributed by atoms with Gasteiger partial charge < -0.3 is 92.5 Å². The Kier molecular flexibility index (Phi) is 33.9. The standard InChI is InChI=1S/C63H98N18O13S/c1-37(2)33-45(57(89)74-41(53(68)85)27-32-95-3)73-52(84)36-72-54(86)46(34-38-15-6-4-7-16-38)78-58(90)47(35-39-17-8-5-9-18-39)79-56(88)42(23-25-50(66)82)75-55(87)43(24-26-51(67)83)76-59(91)49-22-14-31-81(49)62(94)44(20-10-11-28-64)77-60(92)48-21-13-30-80(48)61(93)40(65)19-12-29-71-63(69)70/h4-9,15-18,37,40-49H,10-14,19-36,64-65H2,1-3H3,(H2,66,82)(H2,67,83)(H2,68,85)(H,72,86)(H,73,84)(H,74,89)(H,75,87)(H,76,91)(H,77,92)(H,78,90)(H,79,88)(H4,69,70,71)/t40-,41+,42-,43-,44+,45-,46-,47+,48-,49-/m1/s1. The van der Waals surface area contributed by atoms with E-state index in [2.05, 4.69) is 47.5 Å². The number of carbonyl (C=O) groups is 13. The van der Waals surface area contributed by atoms with Crippen molar-refractivity contribution in [3.8, 4) is 0 Å². The first kappa shape index (κ1) is 78.5. The molecule has 4 rings (SSSR count). The molecule has 10 atom stereocenters. The summed E-state index contributed by atoms with van der Waals surface area (Å²) in [7, 11) is 0. The number of nitrogens with zero attached hydrogens (tertiary/aromatic N) is 3. The lowest BCUT2D eigenvalue weighted by atomic mass is 10.0. The first-order valence-corrected chi connectivity index (χ1v) is 33.6. The molecule has 0 saturated carbocycles. The fraction of sp³-hybridized carbons (Fsp3) is 0.587. The number of primary amides is 3. The monoisotopic (exact) mass is 1350 g/mol. The number of hydrogen-bond donors (Lipinski definition) is 15. The highest BCUT2D eigenvalue weighted by molar-refractivity contribution is 7.98. The molecule has 31 nitrogen and oxygen atoms in total. The van der Waals surface area contributed by atoms with Gasteiger partial charge in [-0.25, -0.2) is 0 Å². The quantitative estimate of drug-likeness (QED) is 0.0173. The van der Waals surface area contributed by atoms with Gasteiger partial charge in [0.15, 0.2) is 5.96 Å². The van der Waals surface area contributed by atoms with Gasteiger partial charge in [-0.05, 0) is 119 Å². The third kappa shape index (κ3) is 27.5. The molecule has 22 N–H and O–H groups in total. The molecule has 13 amide bonds. The van der Waals surface area contributed by atoms with Crippen molar-refractivity contribution in [1.29, 1.82) is 0 Å². The van der Waals surface area contributed by atoms with Crippen molar-refractivity contribution in [1.82, 2.24) is 52.3 Å². The van der Waals surface area contributed by atoms with Crippen molar-refractivity contribution in [2.24, 2.45) is 51.0 Å². The number of benzene rings is 2. The Hall–Kier alpha value is -8.91. The van der Waals surface area contributed by atoms with Gasteiger partial charge >= 0.3 is 0 Å². The SMILES string of the molecule is CSCC[C@H](NC(=O)[C@@H](CC(C)C)NC(=O)CNC(=O)[C@@H](Cc1ccccc1)NC(=O)[C@H](Cc1ccccc1)NC(=O)[C@@H](CCC(N)=O)NC(=O)[C@@H](CCC(N)=O)NC(=O)[C@H]1CCCN1C(=O)[C@H](CCCCN)NC(=O)[C@H]1CCCN1C(=O)[C@H](N)CCCN=C(N)N)C(N)=O. The van der Waals surface area contributed by atoms with Gasteiger partial charge in [-0.3, -0.25) is 67.3 Å². The maximum atomic E-state index is 14.7. The van der Waals surface area contributed by atoms with Gasteiger partial charge in [0.1, 0.15) is 54.4 Å². The van der Waals surface area contributed by atoms with Crippen molar-refractivity contribution in [3.63, 3.8) is 0 Å². The molecule has 0 bridgehead atoms. The second-order valence-corrected chi connectivity index (χ2v) is 25.1. The van der Waals surface area contributed by atoms with Crippen LogP contribution in [0.15, 0.2) is 65.7 Å². The molecule has 2 aromatic carbocycles. The third-order valence-corrected chi connectivity index (χ3v) is 16.7. The molecule has 0 spiro atoms. The van der Waals surface area contributed by atoms with Gasteiger partial charge in [-0.1, -0.05) is 74.5 Å². The fourth-order valence-corrected chi connectivity index (χ4v) is 11.5. The summed E-state index contributed by atoms with van der Waals surface area (Å²) in [6, 6.07) is 4.51. The number of rotatable bonds is 42. The lowest BCUT2D eigenvalue weighted by Gasteiger charge is -2.32. The van der Waals surface area contributed by atoms with Crippen molar-refractivity contribution >= 4 is 94.5 Å². The lowest BCUT2D eigenvalue weighted by molar-refractivity contribution is -0.144. The predicted octanol–water partition coefficient (Wildman–Crippen LogP) is -3.71. The van der Waals surface area contributed by atoms with E-state index in [-0.39, 0.29) is 83.0 Å². The van der Waals surface area contributed by atoms with Crippen molar-refractivity contribution in [2.45, 2.75) is 183 Å². The van der Waals surface area contributed by atoms with Crippen LogP contribution in [0.3, 0.4) is 0 Å². The highest BCUT2D eigenvalue weighted by Crippen LogP contribution is 2.24. The smallest absolute Gasteiger partial charge is 0.245 e. The summed E-state index contributed by atoms with van der Waals surface area (Å²) in [4.78, 5) is 185. The van der Waals surface area contributed by atoms with E-state index in [0.717, 1.165) is 0 Å². The summed E-state index contributed by atoms with van der Waals surface area (Å²) in [5.41, 5.74) is 40.6. The van der Waals surface area contributed by atoms with Crippen LogP contribution in [-0.4, -0.2) is 198 Å². The van der Waals surface area contributed by atoms with Crippen LogP contribution in [-0.2, 0) is 75.2 Å². The second-order valence-electron chi connectivity index (χ2n) is 24.1. The molecule has 2 saturated heterocycles. The molecule has 0 aromatic heterocycles. The van der Waals surface area contributed by atoms with Crippen LogP contribution in [0.4, 0.5) is 0 Å². The minimum atomic E-state index is -1.64. The highest BCUT2D eigenvalue weighted by atomic mass is 32.2. The number of likely N-dealkylation sites (tertiary alicyclic amines) is 2. The molecule has 2 fully saturated rings. The van der Waals surface area contributed by atoms with Gasteiger partial charge in [0, 0.05) is 45.3 Å². The molecule has 32 heteroatoms. The van der Waals surface area contributed by atoms with Crippen LogP contribution < -0.4 is 82.7 Å². The fourth-order valence-electron chi connectivity index (χ4n) is 11.0. The van der Waals surface area contributed by atoms with E-state index in [1.807, 2.05) is 20.1 Å². The number of nitrogens with two attached hydrogens (primary N) is 7. The minimum Gasteiger partial charge on any atom is -0.370 e. The molecule has 95 heavy (non-hydrogen) atoms. The van der Waals surface area contributed by atoms with Crippen LogP contribution in [0.5, 0.6) is 0 Å². The first-order valence-electron chi connectivity index (χ1n) is 32.2. The Bertz CT molecular complexity index is 2960. The number of aliphatic imine (C=N–C) groups is 1. The van der Waals surface area contributed by atoms with Crippen molar-refractivity contribution in [3.05, 3.63) is 71.8 Å². The molecule has 0 aliphatic carbocycles. The molecule has 2 aromatic rings. The Balaban J connectivity index is 1.56. The molecular weight excluding hydrogens is 1250 g/mol. The Morgan fingerprint density at radius 1 is 0.537 bits per heavy atom. The van der Waals surface area contributed by atoms with E-state index < -0.39 is 169 Å². The summed E-state index contributed by atoms with van der Waals surface area (Å²) in [6.07, 6.45) is 3.12. The number of thioether (sulfide) groups is 1. The molecule has 2 aliphatic rings. The summed E-state index contributed by atoms with van der Waals surface area (Å²) in [5, 5.41) is 21.1. The number of carbonyl (C=O) groups excluding carboxylic acids is 13. The van der Waals surface area contributed by atoms with E-state index >= 15 is 0 Å².